The zero-order chi connectivity index (χ0) is 10.4. The predicted octanol–water partition coefficient (Wildman–Crippen LogP) is 3.03. The zero-order valence-electron chi connectivity index (χ0n) is 9.29. The van der Waals surface area contributed by atoms with Crippen LogP contribution in [0.25, 0.3) is 0 Å². The summed E-state index contributed by atoms with van der Waals surface area (Å²) in [6, 6.07) is 3.96. The van der Waals surface area contributed by atoms with Gasteiger partial charge >= 0.3 is 0 Å². The van der Waals surface area contributed by atoms with Gasteiger partial charge in [0.15, 0.2) is 0 Å². The summed E-state index contributed by atoms with van der Waals surface area (Å²) >= 11 is 0. The van der Waals surface area contributed by atoms with Crippen LogP contribution in [0.3, 0.4) is 0 Å². The molecule has 0 radical (unpaired) electrons. The van der Waals surface area contributed by atoms with Crippen molar-refractivity contribution in [1.82, 2.24) is 4.98 Å². The Bertz CT molecular complexity index is 251. The van der Waals surface area contributed by atoms with E-state index in [1.807, 2.05) is 18.3 Å². The van der Waals surface area contributed by atoms with E-state index in [1.54, 1.807) is 6.20 Å². The minimum absolute atomic E-state index is 0.356. The summed E-state index contributed by atoms with van der Waals surface area (Å²) in [5.74, 6) is 0. The Morgan fingerprint density at radius 3 is 2.71 bits per heavy atom. The second kappa shape index (κ2) is 5.11. The second-order valence-electron chi connectivity index (χ2n) is 4.72. The average Bonchev–Trinajstić information content (AvgIpc) is 2.13. The van der Waals surface area contributed by atoms with Crippen molar-refractivity contribution in [3.8, 4) is 0 Å². The third-order valence-electron chi connectivity index (χ3n) is 1.99. The quantitative estimate of drug-likeness (QED) is 0.686. The molecular formula is C12H19NO. The molecule has 0 bridgehead atoms. The molecule has 1 aromatic rings. The third kappa shape index (κ3) is 4.97. The van der Waals surface area contributed by atoms with E-state index >= 15 is 0 Å². The SMILES string of the molecule is CC(C)(C)CCOCc1cccnc1. The minimum Gasteiger partial charge on any atom is -0.377 e. The maximum Gasteiger partial charge on any atom is 0.0731 e. The molecule has 0 aliphatic carbocycles. The summed E-state index contributed by atoms with van der Waals surface area (Å²) < 4.78 is 5.56. The highest BCUT2D eigenvalue weighted by Crippen LogP contribution is 2.18. The summed E-state index contributed by atoms with van der Waals surface area (Å²) in [5, 5.41) is 0. The smallest absolute Gasteiger partial charge is 0.0731 e. The average molecular weight is 193 g/mol. The molecule has 1 rings (SSSR count). The Kier molecular flexibility index (Phi) is 4.08. The molecule has 14 heavy (non-hydrogen) atoms. The van der Waals surface area contributed by atoms with Crippen molar-refractivity contribution >= 4 is 0 Å². The van der Waals surface area contributed by atoms with Crippen LogP contribution in [0.5, 0.6) is 0 Å². The fraction of sp³-hybridized carbons (Fsp3) is 0.583. The van der Waals surface area contributed by atoms with Crippen LogP contribution in [0.2, 0.25) is 0 Å². The molecule has 0 fully saturated rings. The third-order valence-corrected chi connectivity index (χ3v) is 1.99. The monoisotopic (exact) mass is 193 g/mol. The van der Waals surface area contributed by atoms with Crippen LogP contribution in [0.1, 0.15) is 32.8 Å². The van der Waals surface area contributed by atoms with Gasteiger partial charge < -0.3 is 4.74 Å². The van der Waals surface area contributed by atoms with Gasteiger partial charge in [0, 0.05) is 19.0 Å². The lowest BCUT2D eigenvalue weighted by Gasteiger charge is -2.17. The highest BCUT2D eigenvalue weighted by molar-refractivity contribution is 5.06. The van der Waals surface area contributed by atoms with E-state index in [0.29, 0.717) is 12.0 Å². The summed E-state index contributed by atoms with van der Waals surface area (Å²) in [7, 11) is 0. The molecule has 78 valence electrons. The largest absolute Gasteiger partial charge is 0.377 e. The predicted molar refractivity (Wildman–Crippen MR) is 58.0 cm³/mol. The van der Waals surface area contributed by atoms with E-state index in [-0.39, 0.29) is 0 Å². The van der Waals surface area contributed by atoms with E-state index in [2.05, 4.69) is 25.8 Å². The van der Waals surface area contributed by atoms with E-state index in [1.165, 1.54) is 0 Å². The molecule has 0 aliphatic rings. The second-order valence-corrected chi connectivity index (χ2v) is 4.72. The van der Waals surface area contributed by atoms with E-state index in [4.69, 9.17) is 4.74 Å². The first-order valence-corrected chi connectivity index (χ1v) is 5.04. The van der Waals surface area contributed by atoms with Gasteiger partial charge in [-0.3, -0.25) is 4.98 Å². The van der Waals surface area contributed by atoms with Gasteiger partial charge in [-0.2, -0.15) is 0 Å². The van der Waals surface area contributed by atoms with Gasteiger partial charge in [-0.15, -0.1) is 0 Å². The standard InChI is InChI=1S/C12H19NO/c1-12(2,3)6-8-14-10-11-5-4-7-13-9-11/h4-5,7,9H,6,8,10H2,1-3H3. The normalized spacial score (nSPS) is 11.6. The van der Waals surface area contributed by atoms with Gasteiger partial charge in [0.25, 0.3) is 0 Å². The molecule has 0 N–H and O–H groups in total. The van der Waals surface area contributed by atoms with Crippen LogP contribution < -0.4 is 0 Å². The summed E-state index contributed by atoms with van der Waals surface area (Å²) in [6.07, 6.45) is 4.71. The van der Waals surface area contributed by atoms with Crippen LogP contribution in [0.15, 0.2) is 24.5 Å². The highest BCUT2D eigenvalue weighted by Gasteiger charge is 2.08. The Hall–Kier alpha value is -0.890. The molecule has 0 amide bonds. The molecule has 1 heterocycles. The Labute approximate surface area is 86.3 Å². The van der Waals surface area contributed by atoms with Crippen LogP contribution in [-0.4, -0.2) is 11.6 Å². The van der Waals surface area contributed by atoms with Crippen LogP contribution in [0.4, 0.5) is 0 Å². The molecule has 0 aliphatic heterocycles. The number of ether oxygens (including phenoxy) is 1. The molecular weight excluding hydrogens is 174 g/mol. The zero-order valence-corrected chi connectivity index (χ0v) is 9.29. The lowest BCUT2D eigenvalue weighted by Crippen LogP contribution is -2.09. The number of hydrogen-bond acceptors (Lipinski definition) is 2. The first-order valence-electron chi connectivity index (χ1n) is 5.04. The molecule has 0 atom stereocenters. The molecule has 0 unspecified atom stereocenters. The first-order chi connectivity index (χ1) is 6.58. The van der Waals surface area contributed by atoms with Crippen molar-refractivity contribution in [2.75, 3.05) is 6.61 Å². The number of pyridine rings is 1. The van der Waals surface area contributed by atoms with Crippen LogP contribution in [-0.2, 0) is 11.3 Å². The van der Waals surface area contributed by atoms with Gasteiger partial charge in [0.2, 0.25) is 0 Å². The summed E-state index contributed by atoms with van der Waals surface area (Å²) in [6.45, 7) is 8.16. The van der Waals surface area contributed by atoms with Crippen LogP contribution >= 0.6 is 0 Å². The minimum atomic E-state index is 0.356. The van der Waals surface area contributed by atoms with Gasteiger partial charge in [0.05, 0.1) is 6.61 Å². The maximum atomic E-state index is 5.56. The molecule has 0 aromatic carbocycles. The van der Waals surface area contributed by atoms with E-state index in [0.717, 1.165) is 18.6 Å². The van der Waals surface area contributed by atoms with Crippen molar-refractivity contribution in [2.24, 2.45) is 5.41 Å². The van der Waals surface area contributed by atoms with Crippen molar-refractivity contribution in [1.29, 1.82) is 0 Å². The summed E-state index contributed by atoms with van der Waals surface area (Å²) in [4.78, 5) is 4.03. The van der Waals surface area contributed by atoms with Crippen molar-refractivity contribution in [3.63, 3.8) is 0 Å². The van der Waals surface area contributed by atoms with E-state index < -0.39 is 0 Å². The first kappa shape index (κ1) is 11.2. The lowest BCUT2D eigenvalue weighted by atomic mass is 9.93. The van der Waals surface area contributed by atoms with Gasteiger partial charge in [-0.05, 0) is 23.5 Å². The molecule has 0 saturated heterocycles. The van der Waals surface area contributed by atoms with Gasteiger partial charge in [-0.1, -0.05) is 26.8 Å². The van der Waals surface area contributed by atoms with Crippen molar-refractivity contribution in [2.45, 2.75) is 33.8 Å². The fourth-order valence-corrected chi connectivity index (χ4v) is 1.05. The Morgan fingerprint density at radius 2 is 2.14 bits per heavy atom. The number of hydrogen-bond donors (Lipinski definition) is 0. The Balaban J connectivity index is 2.17. The topological polar surface area (TPSA) is 22.1 Å². The molecule has 2 nitrogen and oxygen atoms in total. The van der Waals surface area contributed by atoms with Gasteiger partial charge in [-0.25, -0.2) is 0 Å². The molecule has 1 aromatic heterocycles. The van der Waals surface area contributed by atoms with Crippen molar-refractivity contribution < 1.29 is 4.74 Å². The maximum absolute atomic E-state index is 5.56. The van der Waals surface area contributed by atoms with Crippen LogP contribution in [0, 0.1) is 5.41 Å². The summed E-state index contributed by atoms with van der Waals surface area (Å²) in [5.41, 5.74) is 1.50. The lowest BCUT2D eigenvalue weighted by molar-refractivity contribution is 0.0960. The number of rotatable bonds is 4. The molecule has 0 spiro atoms. The number of nitrogens with zero attached hydrogens (tertiary/aromatic N) is 1. The van der Waals surface area contributed by atoms with Gasteiger partial charge in [0.1, 0.15) is 0 Å². The Morgan fingerprint density at radius 1 is 1.36 bits per heavy atom. The van der Waals surface area contributed by atoms with Crippen molar-refractivity contribution in [3.05, 3.63) is 30.1 Å². The molecule has 0 saturated carbocycles. The van der Waals surface area contributed by atoms with E-state index in [9.17, 15) is 0 Å². The number of aromatic nitrogens is 1. The fourth-order valence-electron chi connectivity index (χ4n) is 1.05. The highest BCUT2D eigenvalue weighted by atomic mass is 16.5. The molecule has 2 heteroatoms.